The zero-order chi connectivity index (χ0) is 24.8. The van der Waals surface area contributed by atoms with Gasteiger partial charge in [0.05, 0.1) is 16.2 Å². The molecule has 2 aliphatic rings. The van der Waals surface area contributed by atoms with Gasteiger partial charge in [0.15, 0.2) is 0 Å². The predicted molar refractivity (Wildman–Crippen MR) is 137 cm³/mol. The number of barbiturate groups is 1. The number of rotatable bonds is 4. The molecule has 2 aromatic carbocycles. The van der Waals surface area contributed by atoms with Gasteiger partial charge in [-0.15, -0.1) is 0 Å². The van der Waals surface area contributed by atoms with Crippen LogP contribution in [0.1, 0.15) is 45.2 Å². The van der Waals surface area contributed by atoms with Gasteiger partial charge in [-0.2, -0.15) is 0 Å². The first-order valence-electron chi connectivity index (χ1n) is 11.0. The Labute approximate surface area is 208 Å². The van der Waals surface area contributed by atoms with E-state index in [0.29, 0.717) is 10.6 Å². The summed E-state index contributed by atoms with van der Waals surface area (Å²) in [5.74, 6) is -1.51. The monoisotopic (exact) mass is 497 g/mol. The number of fused-ring (bicyclic) bond motifs is 1. The smallest absolute Gasteiger partial charge is 0.335 e. The molecule has 0 radical (unpaired) electrons. The summed E-state index contributed by atoms with van der Waals surface area (Å²) >= 11 is 12.2. The number of allylic oxidation sites excluding steroid dienone is 1. The molecule has 4 rings (SSSR count). The number of imide groups is 2. The molecule has 2 aliphatic heterocycles. The molecule has 0 aliphatic carbocycles. The van der Waals surface area contributed by atoms with E-state index in [9.17, 15) is 14.4 Å². The van der Waals surface area contributed by atoms with E-state index in [1.54, 1.807) is 0 Å². The fourth-order valence-electron chi connectivity index (χ4n) is 4.53. The van der Waals surface area contributed by atoms with Gasteiger partial charge < -0.3 is 4.90 Å². The molecule has 0 atom stereocenters. The van der Waals surface area contributed by atoms with Crippen LogP contribution in [-0.4, -0.2) is 29.9 Å². The van der Waals surface area contributed by atoms with Crippen molar-refractivity contribution < 1.29 is 14.4 Å². The number of hydrogen-bond donors (Lipinski definition) is 1. The lowest BCUT2D eigenvalue weighted by molar-refractivity contribution is -0.122. The van der Waals surface area contributed by atoms with Crippen LogP contribution in [0, 0.1) is 0 Å². The highest BCUT2D eigenvalue weighted by atomic mass is 35.5. The molecule has 0 spiro atoms. The third kappa shape index (κ3) is 4.24. The van der Waals surface area contributed by atoms with Gasteiger partial charge in [0, 0.05) is 22.8 Å². The van der Waals surface area contributed by atoms with Gasteiger partial charge in [0.1, 0.15) is 5.57 Å². The van der Waals surface area contributed by atoms with Gasteiger partial charge >= 0.3 is 6.03 Å². The zero-order valence-corrected chi connectivity index (χ0v) is 20.9. The van der Waals surface area contributed by atoms with Crippen LogP contribution in [0.15, 0.2) is 48.0 Å². The highest BCUT2D eigenvalue weighted by Gasteiger charge is 2.38. The summed E-state index contributed by atoms with van der Waals surface area (Å²) in [5, 5.41) is 2.71. The average Bonchev–Trinajstić information content (AvgIpc) is 2.75. The summed E-state index contributed by atoms with van der Waals surface area (Å²) in [5.41, 5.74) is 3.82. The highest BCUT2D eigenvalue weighted by molar-refractivity contribution is 6.42. The van der Waals surface area contributed by atoms with E-state index in [1.807, 2.05) is 18.2 Å². The minimum Gasteiger partial charge on any atom is -0.362 e. The fourth-order valence-corrected chi connectivity index (χ4v) is 5.02. The summed E-state index contributed by atoms with van der Waals surface area (Å²) in [6, 6.07) is 9.40. The number of nitrogens with zero attached hydrogens (tertiary/aromatic N) is 2. The molecule has 1 N–H and O–H groups in total. The van der Waals surface area contributed by atoms with Crippen LogP contribution in [0.3, 0.4) is 0 Å². The number of nitrogens with one attached hydrogen (secondary N) is 1. The van der Waals surface area contributed by atoms with Crippen LogP contribution in [-0.2, 0) is 9.59 Å². The average molecular weight is 498 g/mol. The molecule has 0 aromatic heterocycles. The summed E-state index contributed by atoms with van der Waals surface area (Å²) in [7, 11) is 0. The van der Waals surface area contributed by atoms with Crippen LogP contribution in [0.25, 0.3) is 11.6 Å². The molecule has 4 amide bonds. The second kappa shape index (κ2) is 8.93. The van der Waals surface area contributed by atoms with Crippen molar-refractivity contribution in [1.82, 2.24) is 5.32 Å². The molecule has 8 heteroatoms. The predicted octanol–water partition coefficient (Wildman–Crippen LogP) is 6.07. The van der Waals surface area contributed by atoms with Crippen molar-refractivity contribution in [1.29, 1.82) is 0 Å². The molecule has 176 valence electrons. The Morgan fingerprint density at radius 1 is 1.03 bits per heavy atom. The lowest BCUT2D eigenvalue weighted by atomic mass is 9.87. The minimum absolute atomic E-state index is 0.120. The minimum atomic E-state index is -0.863. The number of urea groups is 1. The van der Waals surface area contributed by atoms with Crippen molar-refractivity contribution in [2.45, 2.75) is 39.7 Å². The van der Waals surface area contributed by atoms with Crippen molar-refractivity contribution in [3.8, 4) is 0 Å². The number of halogens is 2. The molecule has 0 bridgehead atoms. The molecule has 2 heterocycles. The van der Waals surface area contributed by atoms with Crippen LogP contribution < -0.4 is 15.1 Å². The van der Waals surface area contributed by atoms with E-state index < -0.39 is 17.8 Å². The van der Waals surface area contributed by atoms with Crippen molar-refractivity contribution >= 4 is 64.1 Å². The van der Waals surface area contributed by atoms with Crippen LogP contribution >= 0.6 is 23.2 Å². The SMILES string of the molecule is CCCN1c2ccc(/C=C3/C(=O)NC(=O)N(c4ccc(Cl)cc4Cl)C3=O)cc2C(C)=CC1(C)C. The Hall–Kier alpha value is -3.09. The molecule has 0 saturated carbocycles. The van der Waals surface area contributed by atoms with Crippen molar-refractivity contribution in [3.63, 3.8) is 0 Å². The summed E-state index contributed by atoms with van der Waals surface area (Å²) in [4.78, 5) is 41.5. The maximum atomic E-state index is 13.2. The second-order valence-electron chi connectivity index (χ2n) is 8.96. The standard InChI is InChI=1S/C26H25Cl2N3O3/c1-5-10-30-21-8-6-16(11-18(21)15(2)14-26(30,3)4)12-19-23(32)29-25(34)31(24(19)33)22-9-7-17(27)13-20(22)28/h6-9,11-14H,5,10H2,1-4H3,(H,29,32,34)/b19-12-. The number of carbonyl (C=O) groups is 3. The van der Waals surface area contributed by atoms with Gasteiger partial charge in [-0.3, -0.25) is 14.9 Å². The molecule has 2 aromatic rings. The fraction of sp³-hybridized carbons (Fsp3) is 0.269. The highest BCUT2D eigenvalue weighted by Crippen LogP contribution is 2.40. The molecule has 0 unspecified atom stereocenters. The van der Waals surface area contributed by atoms with E-state index in [-0.39, 0.29) is 21.8 Å². The lowest BCUT2D eigenvalue weighted by Crippen LogP contribution is -2.54. The van der Waals surface area contributed by atoms with Gasteiger partial charge in [-0.05, 0) is 74.7 Å². The second-order valence-corrected chi connectivity index (χ2v) is 9.81. The van der Waals surface area contributed by atoms with Crippen LogP contribution in [0.2, 0.25) is 10.0 Å². The quantitative estimate of drug-likeness (QED) is 0.410. The van der Waals surface area contributed by atoms with Crippen molar-refractivity contribution in [2.75, 3.05) is 16.3 Å². The summed E-state index contributed by atoms with van der Waals surface area (Å²) in [6.07, 6.45) is 4.73. The molecule has 34 heavy (non-hydrogen) atoms. The van der Waals surface area contributed by atoms with Crippen LogP contribution in [0.5, 0.6) is 0 Å². The summed E-state index contributed by atoms with van der Waals surface area (Å²) < 4.78 is 0. The first-order valence-corrected chi connectivity index (χ1v) is 11.8. The molecular weight excluding hydrogens is 473 g/mol. The largest absolute Gasteiger partial charge is 0.362 e. The normalized spacial score (nSPS) is 18.7. The van der Waals surface area contributed by atoms with Gasteiger partial charge in [-0.25, -0.2) is 9.69 Å². The number of carbonyl (C=O) groups excluding carboxylic acids is 3. The number of benzene rings is 2. The molecule has 6 nitrogen and oxygen atoms in total. The summed E-state index contributed by atoms with van der Waals surface area (Å²) in [6.45, 7) is 9.48. The number of anilines is 2. The maximum absolute atomic E-state index is 13.2. The Kier molecular flexibility index (Phi) is 6.32. The Balaban J connectivity index is 1.75. The van der Waals surface area contributed by atoms with E-state index in [2.05, 4.69) is 44.0 Å². The van der Waals surface area contributed by atoms with Gasteiger partial charge in [-0.1, -0.05) is 42.3 Å². The lowest BCUT2D eigenvalue weighted by Gasteiger charge is -2.43. The Morgan fingerprint density at radius 3 is 2.41 bits per heavy atom. The van der Waals surface area contributed by atoms with E-state index >= 15 is 0 Å². The van der Waals surface area contributed by atoms with E-state index in [1.165, 1.54) is 24.3 Å². The zero-order valence-electron chi connectivity index (χ0n) is 19.4. The number of amides is 4. The Bertz CT molecular complexity index is 1280. The molecule has 1 saturated heterocycles. The van der Waals surface area contributed by atoms with Crippen molar-refractivity contribution in [3.05, 3.63) is 69.2 Å². The molecule has 1 fully saturated rings. The van der Waals surface area contributed by atoms with Crippen molar-refractivity contribution in [2.24, 2.45) is 0 Å². The Morgan fingerprint density at radius 2 is 1.74 bits per heavy atom. The molecular formula is C26H25Cl2N3O3. The van der Waals surface area contributed by atoms with Crippen LogP contribution in [0.4, 0.5) is 16.2 Å². The first kappa shape index (κ1) is 24.0. The van der Waals surface area contributed by atoms with E-state index in [0.717, 1.165) is 34.7 Å². The van der Waals surface area contributed by atoms with E-state index in [4.69, 9.17) is 23.2 Å². The topological polar surface area (TPSA) is 69.7 Å². The first-order chi connectivity index (χ1) is 16.0. The maximum Gasteiger partial charge on any atom is 0.335 e. The number of hydrogen-bond acceptors (Lipinski definition) is 4. The van der Waals surface area contributed by atoms with Gasteiger partial charge in [0.25, 0.3) is 11.8 Å². The van der Waals surface area contributed by atoms with Gasteiger partial charge in [0.2, 0.25) is 0 Å². The third-order valence-corrected chi connectivity index (χ3v) is 6.55. The third-order valence-electron chi connectivity index (χ3n) is 6.01.